The number of hydrogen-bond donors (Lipinski definition) is 5. The molecule has 6 N–H and O–H groups in total. The highest BCUT2D eigenvalue weighted by molar-refractivity contribution is 5.93. The molecule has 8 nitrogen and oxygen atoms in total. The SMILES string of the molecule is CNCc1cccc(NC(=O)NC(CC(N)=O)C(=O)O)c1. The Kier molecular flexibility index (Phi) is 6.15. The van der Waals surface area contributed by atoms with E-state index < -0.39 is 30.4 Å². The Bertz CT molecular complexity index is 533. The lowest BCUT2D eigenvalue weighted by atomic mass is 10.2. The number of hydrogen-bond acceptors (Lipinski definition) is 4. The summed E-state index contributed by atoms with van der Waals surface area (Å²) in [6.07, 6.45) is -0.470. The summed E-state index contributed by atoms with van der Waals surface area (Å²) in [7, 11) is 1.80. The van der Waals surface area contributed by atoms with Crippen LogP contribution < -0.4 is 21.7 Å². The molecule has 1 aromatic rings. The molecule has 0 radical (unpaired) electrons. The summed E-state index contributed by atoms with van der Waals surface area (Å²) in [5.41, 5.74) is 6.41. The van der Waals surface area contributed by atoms with Crippen molar-refractivity contribution in [2.75, 3.05) is 12.4 Å². The normalized spacial score (nSPS) is 11.5. The third-order valence-corrected chi connectivity index (χ3v) is 2.57. The molecule has 8 heteroatoms. The highest BCUT2D eigenvalue weighted by Gasteiger charge is 2.22. The number of carbonyl (C=O) groups is 3. The zero-order chi connectivity index (χ0) is 15.8. The first-order chi connectivity index (χ1) is 9.92. The maximum atomic E-state index is 11.7. The highest BCUT2D eigenvalue weighted by Crippen LogP contribution is 2.10. The minimum atomic E-state index is -1.36. The average molecular weight is 294 g/mol. The van der Waals surface area contributed by atoms with Crippen LogP contribution in [0.2, 0.25) is 0 Å². The molecule has 0 heterocycles. The maximum Gasteiger partial charge on any atom is 0.326 e. The highest BCUT2D eigenvalue weighted by atomic mass is 16.4. The lowest BCUT2D eigenvalue weighted by molar-refractivity contribution is -0.140. The molecule has 0 aliphatic carbocycles. The van der Waals surface area contributed by atoms with Crippen LogP contribution in [0.5, 0.6) is 0 Å². The zero-order valence-corrected chi connectivity index (χ0v) is 11.6. The molecule has 1 atom stereocenters. The molecule has 0 aliphatic rings. The van der Waals surface area contributed by atoms with E-state index in [1.807, 2.05) is 6.07 Å². The minimum absolute atomic E-state index is 0.470. The Morgan fingerprint density at radius 3 is 2.62 bits per heavy atom. The van der Waals surface area contributed by atoms with Gasteiger partial charge in [0.1, 0.15) is 6.04 Å². The topological polar surface area (TPSA) is 134 Å². The van der Waals surface area contributed by atoms with Crippen molar-refractivity contribution >= 4 is 23.6 Å². The van der Waals surface area contributed by atoms with Crippen LogP contribution in [-0.4, -0.2) is 36.1 Å². The largest absolute Gasteiger partial charge is 0.480 e. The number of anilines is 1. The number of nitrogens with one attached hydrogen (secondary N) is 3. The van der Waals surface area contributed by atoms with Crippen molar-refractivity contribution in [3.05, 3.63) is 29.8 Å². The summed E-state index contributed by atoms with van der Waals surface area (Å²) in [5, 5.41) is 16.6. The molecule has 21 heavy (non-hydrogen) atoms. The summed E-state index contributed by atoms with van der Waals surface area (Å²) < 4.78 is 0. The van der Waals surface area contributed by atoms with E-state index >= 15 is 0 Å². The number of carboxylic acid groups (broad SMARTS) is 1. The molecule has 0 spiro atoms. The van der Waals surface area contributed by atoms with Gasteiger partial charge in [0.15, 0.2) is 0 Å². The molecule has 0 fully saturated rings. The third kappa shape index (κ3) is 5.91. The van der Waals surface area contributed by atoms with Crippen molar-refractivity contribution in [1.82, 2.24) is 10.6 Å². The molecule has 1 unspecified atom stereocenters. The van der Waals surface area contributed by atoms with Crippen molar-refractivity contribution in [3.8, 4) is 0 Å². The standard InChI is InChI=1S/C13H18N4O4/c1-15-7-8-3-2-4-9(5-8)16-13(21)17-10(12(19)20)6-11(14)18/h2-5,10,15H,6-7H2,1H3,(H2,14,18)(H,19,20)(H2,16,17,21). The number of carbonyl (C=O) groups excluding carboxylic acids is 2. The van der Waals surface area contributed by atoms with Gasteiger partial charge in [-0.25, -0.2) is 9.59 Å². The van der Waals surface area contributed by atoms with E-state index in [1.165, 1.54) is 0 Å². The van der Waals surface area contributed by atoms with Crippen LogP contribution in [0, 0.1) is 0 Å². The fraction of sp³-hybridized carbons (Fsp3) is 0.308. The van der Waals surface area contributed by atoms with Gasteiger partial charge in [-0.3, -0.25) is 4.79 Å². The third-order valence-electron chi connectivity index (χ3n) is 2.57. The smallest absolute Gasteiger partial charge is 0.326 e. The van der Waals surface area contributed by atoms with E-state index in [0.29, 0.717) is 12.2 Å². The predicted octanol–water partition coefficient (Wildman–Crippen LogP) is -0.144. The second-order valence-electron chi connectivity index (χ2n) is 4.39. The Labute approximate surface area is 121 Å². The summed E-state index contributed by atoms with van der Waals surface area (Å²) >= 11 is 0. The van der Waals surface area contributed by atoms with Crippen molar-refractivity contribution in [2.45, 2.75) is 19.0 Å². The Balaban J connectivity index is 2.65. The van der Waals surface area contributed by atoms with Gasteiger partial charge in [-0.2, -0.15) is 0 Å². The van der Waals surface area contributed by atoms with Crippen LogP contribution in [0.25, 0.3) is 0 Å². The second kappa shape index (κ2) is 7.85. The first kappa shape index (κ1) is 16.4. The van der Waals surface area contributed by atoms with E-state index in [0.717, 1.165) is 5.56 Å². The number of amides is 3. The van der Waals surface area contributed by atoms with E-state index in [9.17, 15) is 14.4 Å². The number of benzene rings is 1. The zero-order valence-electron chi connectivity index (χ0n) is 11.6. The molecule has 3 amide bonds. The first-order valence-electron chi connectivity index (χ1n) is 6.24. The second-order valence-corrected chi connectivity index (χ2v) is 4.39. The lowest BCUT2D eigenvalue weighted by Gasteiger charge is -2.14. The Hall–Kier alpha value is -2.61. The van der Waals surface area contributed by atoms with Crippen molar-refractivity contribution in [2.24, 2.45) is 5.73 Å². The fourth-order valence-corrected chi connectivity index (χ4v) is 1.69. The van der Waals surface area contributed by atoms with Crippen LogP contribution in [0.4, 0.5) is 10.5 Å². The van der Waals surface area contributed by atoms with Crippen molar-refractivity contribution < 1.29 is 19.5 Å². The van der Waals surface area contributed by atoms with Gasteiger partial charge < -0.3 is 26.8 Å². The quantitative estimate of drug-likeness (QED) is 0.477. The molecule has 1 rings (SSSR count). The first-order valence-corrected chi connectivity index (χ1v) is 6.24. The molecule has 0 aromatic heterocycles. The van der Waals surface area contributed by atoms with Gasteiger partial charge in [0, 0.05) is 12.2 Å². The van der Waals surface area contributed by atoms with Crippen LogP contribution in [-0.2, 0) is 16.1 Å². The van der Waals surface area contributed by atoms with E-state index in [1.54, 1.807) is 25.2 Å². The number of urea groups is 1. The fourth-order valence-electron chi connectivity index (χ4n) is 1.69. The number of nitrogens with two attached hydrogens (primary N) is 1. The number of primary amides is 1. The summed E-state index contributed by atoms with van der Waals surface area (Å²) in [6, 6.07) is 4.99. The molecular formula is C13H18N4O4. The summed E-state index contributed by atoms with van der Waals surface area (Å²) in [4.78, 5) is 33.4. The number of aliphatic carboxylic acids is 1. The van der Waals surface area contributed by atoms with Crippen molar-refractivity contribution in [3.63, 3.8) is 0 Å². The molecule has 1 aromatic carbocycles. The van der Waals surface area contributed by atoms with Gasteiger partial charge in [-0.15, -0.1) is 0 Å². The Morgan fingerprint density at radius 1 is 1.33 bits per heavy atom. The van der Waals surface area contributed by atoms with Gasteiger partial charge in [0.2, 0.25) is 5.91 Å². The lowest BCUT2D eigenvalue weighted by Crippen LogP contribution is -2.45. The Morgan fingerprint density at radius 2 is 2.05 bits per heavy atom. The van der Waals surface area contributed by atoms with Gasteiger partial charge in [0.25, 0.3) is 0 Å². The van der Waals surface area contributed by atoms with Crippen LogP contribution in [0.3, 0.4) is 0 Å². The average Bonchev–Trinajstić information content (AvgIpc) is 2.38. The van der Waals surface area contributed by atoms with Gasteiger partial charge in [0.05, 0.1) is 6.42 Å². The minimum Gasteiger partial charge on any atom is -0.480 e. The summed E-state index contributed by atoms with van der Waals surface area (Å²) in [5.74, 6) is -2.13. The van der Waals surface area contributed by atoms with Crippen LogP contribution >= 0.6 is 0 Å². The monoisotopic (exact) mass is 294 g/mol. The molecule has 114 valence electrons. The molecule has 0 bridgehead atoms. The van der Waals surface area contributed by atoms with E-state index in [4.69, 9.17) is 10.8 Å². The van der Waals surface area contributed by atoms with Gasteiger partial charge in [-0.1, -0.05) is 12.1 Å². The van der Waals surface area contributed by atoms with Gasteiger partial charge in [-0.05, 0) is 24.7 Å². The van der Waals surface area contributed by atoms with Crippen LogP contribution in [0.15, 0.2) is 24.3 Å². The summed E-state index contributed by atoms with van der Waals surface area (Å²) in [6.45, 7) is 0.635. The molecule has 0 aliphatic heterocycles. The molecule has 0 saturated carbocycles. The van der Waals surface area contributed by atoms with Crippen molar-refractivity contribution in [1.29, 1.82) is 0 Å². The van der Waals surface area contributed by atoms with Crippen LogP contribution in [0.1, 0.15) is 12.0 Å². The maximum absolute atomic E-state index is 11.7. The van der Waals surface area contributed by atoms with E-state index in [-0.39, 0.29) is 0 Å². The molecular weight excluding hydrogens is 276 g/mol. The number of rotatable bonds is 7. The predicted molar refractivity (Wildman–Crippen MR) is 76.6 cm³/mol. The molecule has 0 saturated heterocycles. The van der Waals surface area contributed by atoms with Gasteiger partial charge >= 0.3 is 12.0 Å². The number of carboxylic acids is 1. The van der Waals surface area contributed by atoms with E-state index in [2.05, 4.69) is 16.0 Å².